The van der Waals surface area contributed by atoms with Crippen LogP contribution in [0.5, 0.6) is 0 Å². The Morgan fingerprint density at radius 3 is 2.59 bits per heavy atom. The predicted molar refractivity (Wildman–Crippen MR) is 62.5 cm³/mol. The predicted octanol–water partition coefficient (Wildman–Crippen LogP) is 3.80. The number of benzene rings is 1. The number of allylic oxidation sites excluding steroid dienone is 2. The highest BCUT2D eigenvalue weighted by atomic mass is 19.1. The van der Waals surface area contributed by atoms with Gasteiger partial charge in [-0.2, -0.15) is 0 Å². The summed E-state index contributed by atoms with van der Waals surface area (Å²) in [5, 5.41) is 0. The molecule has 0 aromatic heterocycles. The summed E-state index contributed by atoms with van der Waals surface area (Å²) in [6.45, 7) is 1.59. The first-order valence-electron chi connectivity index (χ1n) is 5.78. The summed E-state index contributed by atoms with van der Waals surface area (Å²) in [6.07, 6.45) is 4.01. The van der Waals surface area contributed by atoms with Gasteiger partial charge in [0.2, 0.25) is 0 Å². The van der Waals surface area contributed by atoms with Gasteiger partial charge in [0.25, 0.3) is 0 Å². The summed E-state index contributed by atoms with van der Waals surface area (Å²) in [4.78, 5) is 11.5. The molecule has 0 fully saturated rings. The molecule has 1 aliphatic rings. The molecule has 0 saturated carbocycles. The monoisotopic (exact) mass is 236 g/mol. The topological polar surface area (TPSA) is 17.1 Å². The summed E-state index contributed by atoms with van der Waals surface area (Å²) in [7, 11) is 0. The molecular weight excluding hydrogens is 222 g/mol. The molecule has 0 radical (unpaired) electrons. The first kappa shape index (κ1) is 12.0. The van der Waals surface area contributed by atoms with Crippen LogP contribution in [-0.4, -0.2) is 5.78 Å². The van der Waals surface area contributed by atoms with E-state index in [1.54, 1.807) is 6.92 Å². The molecule has 1 aromatic carbocycles. The van der Waals surface area contributed by atoms with Gasteiger partial charge in [-0.25, -0.2) is 8.78 Å². The molecule has 2 rings (SSSR count). The van der Waals surface area contributed by atoms with Crippen molar-refractivity contribution >= 4 is 11.4 Å². The summed E-state index contributed by atoms with van der Waals surface area (Å²) in [5.74, 6) is -1.18. The van der Waals surface area contributed by atoms with Crippen molar-refractivity contribution in [1.82, 2.24) is 0 Å². The van der Waals surface area contributed by atoms with Crippen molar-refractivity contribution in [3.05, 3.63) is 41.0 Å². The number of aryl methyl sites for hydroxylation is 1. The van der Waals surface area contributed by atoms with Crippen molar-refractivity contribution in [3.63, 3.8) is 0 Å². The third-order valence-corrected chi connectivity index (χ3v) is 3.06. The number of halogens is 2. The van der Waals surface area contributed by atoms with Crippen LogP contribution in [0.4, 0.5) is 8.78 Å². The van der Waals surface area contributed by atoms with Crippen LogP contribution in [0, 0.1) is 18.6 Å². The third kappa shape index (κ3) is 2.43. The second-order valence-electron chi connectivity index (χ2n) is 4.40. The lowest BCUT2D eigenvalue weighted by molar-refractivity contribution is -0.114. The van der Waals surface area contributed by atoms with Crippen molar-refractivity contribution in [2.75, 3.05) is 0 Å². The standard InChI is InChI=1S/C14H14F2O/c1-9-6-7-12(15)13(14(9)16)10-4-2-3-5-11(17)8-10/h6-8H,2-5H2,1H3. The van der Waals surface area contributed by atoms with Crippen LogP contribution in [0.3, 0.4) is 0 Å². The van der Waals surface area contributed by atoms with E-state index < -0.39 is 11.6 Å². The zero-order valence-corrected chi connectivity index (χ0v) is 9.72. The Kier molecular flexibility index (Phi) is 3.36. The van der Waals surface area contributed by atoms with Crippen LogP contribution in [0.1, 0.15) is 36.8 Å². The van der Waals surface area contributed by atoms with Gasteiger partial charge in [0.05, 0.1) is 0 Å². The van der Waals surface area contributed by atoms with Crippen molar-refractivity contribution in [1.29, 1.82) is 0 Å². The van der Waals surface area contributed by atoms with E-state index in [4.69, 9.17) is 0 Å². The first-order valence-corrected chi connectivity index (χ1v) is 5.78. The minimum Gasteiger partial charge on any atom is -0.295 e. The normalized spacial score (nSPS) is 16.6. The van der Waals surface area contributed by atoms with E-state index >= 15 is 0 Å². The summed E-state index contributed by atoms with van der Waals surface area (Å²) in [6, 6.07) is 2.66. The minimum atomic E-state index is -0.589. The average Bonchev–Trinajstić information content (AvgIpc) is 2.49. The quantitative estimate of drug-likeness (QED) is 0.724. The highest BCUT2D eigenvalue weighted by molar-refractivity contribution is 5.97. The molecule has 0 unspecified atom stereocenters. The number of hydrogen-bond donors (Lipinski definition) is 0. The van der Waals surface area contributed by atoms with Crippen LogP contribution in [0.2, 0.25) is 0 Å². The average molecular weight is 236 g/mol. The number of carbonyl (C=O) groups excluding carboxylic acids is 1. The van der Waals surface area contributed by atoms with Crippen LogP contribution in [0.25, 0.3) is 5.57 Å². The van der Waals surface area contributed by atoms with Gasteiger partial charge in [-0.05, 0) is 49.5 Å². The second kappa shape index (κ2) is 4.78. The molecule has 1 aromatic rings. The fourth-order valence-electron chi connectivity index (χ4n) is 2.10. The fraction of sp³-hybridized carbons (Fsp3) is 0.357. The highest BCUT2D eigenvalue weighted by Gasteiger charge is 2.18. The lowest BCUT2D eigenvalue weighted by Crippen LogP contribution is -1.99. The van der Waals surface area contributed by atoms with E-state index in [1.165, 1.54) is 18.2 Å². The lowest BCUT2D eigenvalue weighted by Gasteiger charge is -2.10. The molecule has 3 heteroatoms. The van der Waals surface area contributed by atoms with E-state index in [2.05, 4.69) is 0 Å². The van der Waals surface area contributed by atoms with Crippen LogP contribution < -0.4 is 0 Å². The van der Waals surface area contributed by atoms with Gasteiger partial charge in [-0.15, -0.1) is 0 Å². The van der Waals surface area contributed by atoms with E-state index in [9.17, 15) is 13.6 Å². The molecule has 17 heavy (non-hydrogen) atoms. The Morgan fingerprint density at radius 1 is 1.12 bits per heavy atom. The number of rotatable bonds is 1. The maximum Gasteiger partial charge on any atom is 0.155 e. The van der Waals surface area contributed by atoms with Crippen LogP contribution in [-0.2, 0) is 4.79 Å². The fourth-order valence-corrected chi connectivity index (χ4v) is 2.10. The largest absolute Gasteiger partial charge is 0.295 e. The molecule has 0 heterocycles. The molecule has 0 bridgehead atoms. The highest BCUT2D eigenvalue weighted by Crippen LogP contribution is 2.30. The van der Waals surface area contributed by atoms with E-state index in [0.29, 0.717) is 24.0 Å². The van der Waals surface area contributed by atoms with E-state index in [1.807, 2.05) is 0 Å². The van der Waals surface area contributed by atoms with Gasteiger partial charge < -0.3 is 0 Å². The molecule has 0 amide bonds. The summed E-state index contributed by atoms with van der Waals surface area (Å²) >= 11 is 0. The molecule has 1 aliphatic carbocycles. The molecular formula is C14H14F2O. The maximum absolute atomic E-state index is 13.9. The summed E-state index contributed by atoms with van der Waals surface area (Å²) < 4.78 is 27.6. The maximum atomic E-state index is 13.9. The molecule has 0 atom stereocenters. The smallest absolute Gasteiger partial charge is 0.155 e. The molecule has 0 N–H and O–H groups in total. The van der Waals surface area contributed by atoms with E-state index in [0.717, 1.165) is 12.8 Å². The Hall–Kier alpha value is -1.51. The molecule has 90 valence electrons. The van der Waals surface area contributed by atoms with Crippen LogP contribution in [0.15, 0.2) is 18.2 Å². The Labute approximate surface area is 99.1 Å². The van der Waals surface area contributed by atoms with Gasteiger partial charge in [0.15, 0.2) is 5.78 Å². The number of ketones is 1. The summed E-state index contributed by atoms with van der Waals surface area (Å²) in [5.41, 5.74) is 0.866. The zero-order chi connectivity index (χ0) is 12.4. The minimum absolute atomic E-state index is 0.0275. The van der Waals surface area contributed by atoms with Gasteiger partial charge in [0, 0.05) is 12.0 Å². The number of hydrogen-bond acceptors (Lipinski definition) is 1. The molecule has 0 spiro atoms. The second-order valence-corrected chi connectivity index (χ2v) is 4.40. The van der Waals surface area contributed by atoms with Crippen molar-refractivity contribution < 1.29 is 13.6 Å². The Morgan fingerprint density at radius 2 is 1.82 bits per heavy atom. The van der Waals surface area contributed by atoms with Crippen molar-refractivity contribution in [2.24, 2.45) is 0 Å². The molecule has 0 aliphatic heterocycles. The zero-order valence-electron chi connectivity index (χ0n) is 9.72. The third-order valence-electron chi connectivity index (χ3n) is 3.06. The van der Waals surface area contributed by atoms with Gasteiger partial charge >= 0.3 is 0 Å². The lowest BCUT2D eigenvalue weighted by atomic mass is 9.98. The van der Waals surface area contributed by atoms with Crippen molar-refractivity contribution in [2.45, 2.75) is 32.6 Å². The Balaban J connectivity index is 2.52. The van der Waals surface area contributed by atoms with Gasteiger partial charge in [-0.1, -0.05) is 6.07 Å². The Bertz CT molecular complexity index is 489. The molecule has 1 nitrogen and oxygen atoms in total. The SMILES string of the molecule is Cc1ccc(F)c(C2=CC(=O)CCCC2)c1F. The van der Waals surface area contributed by atoms with Gasteiger partial charge in [0.1, 0.15) is 11.6 Å². The molecule has 0 saturated heterocycles. The number of carbonyl (C=O) groups is 1. The first-order chi connectivity index (χ1) is 8.09. The van der Waals surface area contributed by atoms with Gasteiger partial charge in [-0.3, -0.25) is 4.79 Å². The van der Waals surface area contributed by atoms with E-state index in [-0.39, 0.29) is 11.3 Å². The van der Waals surface area contributed by atoms with Crippen LogP contribution >= 0.6 is 0 Å². The van der Waals surface area contributed by atoms with Crippen molar-refractivity contribution in [3.8, 4) is 0 Å².